The van der Waals surface area contributed by atoms with E-state index in [2.05, 4.69) is 20.6 Å². The maximum absolute atomic E-state index is 11.9. The topological polar surface area (TPSA) is 72.7 Å². The molecule has 0 saturated carbocycles. The van der Waals surface area contributed by atoms with Crippen molar-refractivity contribution >= 4 is 32.6 Å². The quantitative estimate of drug-likeness (QED) is 0.798. The number of anilines is 1. The van der Waals surface area contributed by atoms with Crippen molar-refractivity contribution in [2.75, 3.05) is 5.32 Å². The highest BCUT2D eigenvalue weighted by molar-refractivity contribution is 7.22. The molecule has 0 spiro atoms. The molecular formula is C13H13N5OS. The number of hydrogen-bond donors (Lipinski definition) is 1. The highest BCUT2D eigenvalue weighted by Gasteiger charge is 2.09. The maximum atomic E-state index is 11.9. The van der Waals surface area contributed by atoms with Gasteiger partial charge in [0.2, 0.25) is 5.91 Å². The summed E-state index contributed by atoms with van der Waals surface area (Å²) in [5.41, 5.74) is 2.06. The van der Waals surface area contributed by atoms with Crippen molar-refractivity contribution in [2.45, 2.75) is 19.9 Å². The Morgan fingerprint density at radius 2 is 2.35 bits per heavy atom. The largest absolute Gasteiger partial charge is 0.302 e. The number of carbonyl (C=O) groups excluding carboxylic acids is 1. The first-order valence-electron chi connectivity index (χ1n) is 6.22. The summed E-state index contributed by atoms with van der Waals surface area (Å²) >= 11 is 1.49. The Hall–Kier alpha value is -2.28. The van der Waals surface area contributed by atoms with Crippen LogP contribution < -0.4 is 5.32 Å². The van der Waals surface area contributed by atoms with Crippen molar-refractivity contribution in [2.24, 2.45) is 0 Å². The lowest BCUT2D eigenvalue weighted by Crippen LogP contribution is -2.14. The molecule has 20 heavy (non-hydrogen) atoms. The number of carbonyl (C=O) groups is 1. The molecule has 102 valence electrons. The molecule has 1 aromatic carbocycles. The van der Waals surface area contributed by atoms with Crippen molar-refractivity contribution in [3.63, 3.8) is 0 Å². The van der Waals surface area contributed by atoms with E-state index in [4.69, 9.17) is 0 Å². The summed E-state index contributed by atoms with van der Waals surface area (Å²) in [6.45, 7) is 2.52. The third-order valence-corrected chi connectivity index (χ3v) is 3.84. The first-order valence-corrected chi connectivity index (χ1v) is 7.04. The molecule has 0 unspecified atom stereocenters. The fourth-order valence-corrected chi connectivity index (χ4v) is 2.85. The van der Waals surface area contributed by atoms with Gasteiger partial charge in [0.05, 0.1) is 23.0 Å². The van der Waals surface area contributed by atoms with E-state index in [-0.39, 0.29) is 5.91 Å². The van der Waals surface area contributed by atoms with Gasteiger partial charge in [-0.25, -0.2) is 4.98 Å². The van der Waals surface area contributed by atoms with Gasteiger partial charge in [0.25, 0.3) is 0 Å². The number of aryl methyl sites for hydroxylation is 2. The summed E-state index contributed by atoms with van der Waals surface area (Å²) in [4.78, 5) is 16.3. The fraction of sp³-hybridized carbons (Fsp3) is 0.231. The zero-order valence-electron chi connectivity index (χ0n) is 10.9. The molecule has 0 atom stereocenters. The van der Waals surface area contributed by atoms with Gasteiger partial charge >= 0.3 is 0 Å². The van der Waals surface area contributed by atoms with Gasteiger partial charge in [-0.3, -0.25) is 9.48 Å². The second-order valence-corrected chi connectivity index (χ2v) is 5.44. The molecule has 1 N–H and O–H groups in total. The number of nitrogens with one attached hydrogen (secondary N) is 1. The molecule has 0 bridgehead atoms. The van der Waals surface area contributed by atoms with E-state index in [0.29, 0.717) is 18.1 Å². The van der Waals surface area contributed by atoms with E-state index in [0.717, 1.165) is 15.8 Å². The predicted octanol–water partition coefficient (Wildman–Crippen LogP) is 2.23. The number of rotatable bonds is 4. The number of nitrogens with zero attached hydrogens (tertiary/aromatic N) is 4. The molecule has 0 radical (unpaired) electrons. The SMILES string of the molecule is Cc1cccc2sc(NC(=O)CCn3ccnn3)nc12. The zero-order chi connectivity index (χ0) is 13.9. The van der Waals surface area contributed by atoms with Crippen LogP contribution in [0.2, 0.25) is 0 Å². The number of para-hydroxylation sites is 1. The van der Waals surface area contributed by atoms with Crippen molar-refractivity contribution in [3.8, 4) is 0 Å². The minimum Gasteiger partial charge on any atom is -0.302 e. The second kappa shape index (κ2) is 5.38. The summed E-state index contributed by atoms with van der Waals surface area (Å²) in [5, 5.41) is 11.0. The van der Waals surface area contributed by atoms with Crippen molar-refractivity contribution in [1.29, 1.82) is 0 Å². The molecule has 0 fully saturated rings. The molecule has 3 rings (SSSR count). The Kier molecular flexibility index (Phi) is 3.42. The number of hydrogen-bond acceptors (Lipinski definition) is 5. The Bertz CT molecular complexity index is 734. The second-order valence-electron chi connectivity index (χ2n) is 4.40. The van der Waals surface area contributed by atoms with Crippen molar-refractivity contribution < 1.29 is 4.79 Å². The van der Waals surface area contributed by atoms with Crippen LogP contribution >= 0.6 is 11.3 Å². The number of benzene rings is 1. The minimum absolute atomic E-state index is 0.0720. The molecule has 0 aliphatic rings. The highest BCUT2D eigenvalue weighted by Crippen LogP contribution is 2.27. The monoisotopic (exact) mass is 287 g/mol. The first-order chi connectivity index (χ1) is 9.72. The van der Waals surface area contributed by atoms with Crippen LogP contribution in [0.3, 0.4) is 0 Å². The van der Waals surface area contributed by atoms with Crippen LogP contribution in [-0.4, -0.2) is 25.9 Å². The van der Waals surface area contributed by atoms with Gasteiger partial charge in [-0.05, 0) is 18.6 Å². The summed E-state index contributed by atoms with van der Waals surface area (Å²) in [6.07, 6.45) is 3.67. The van der Waals surface area contributed by atoms with Gasteiger partial charge in [0, 0.05) is 12.6 Å². The van der Waals surface area contributed by atoms with Gasteiger partial charge in [0.1, 0.15) is 0 Å². The predicted molar refractivity (Wildman–Crippen MR) is 77.6 cm³/mol. The molecule has 0 saturated heterocycles. The minimum atomic E-state index is -0.0720. The maximum Gasteiger partial charge on any atom is 0.228 e. The van der Waals surface area contributed by atoms with Crippen LogP contribution in [0.15, 0.2) is 30.6 Å². The van der Waals surface area contributed by atoms with Gasteiger partial charge < -0.3 is 5.32 Å². The lowest BCUT2D eigenvalue weighted by Gasteiger charge is -2.01. The summed E-state index contributed by atoms with van der Waals surface area (Å²) in [5.74, 6) is -0.0720. The van der Waals surface area contributed by atoms with Crippen LogP contribution in [0.1, 0.15) is 12.0 Å². The molecule has 0 aliphatic heterocycles. The molecule has 2 heterocycles. The van der Waals surface area contributed by atoms with E-state index in [9.17, 15) is 4.79 Å². The summed E-state index contributed by atoms with van der Waals surface area (Å²) < 4.78 is 2.71. The van der Waals surface area contributed by atoms with Crippen molar-refractivity contribution in [1.82, 2.24) is 20.0 Å². The Morgan fingerprint density at radius 1 is 1.45 bits per heavy atom. The third kappa shape index (κ3) is 2.67. The smallest absolute Gasteiger partial charge is 0.228 e. The average Bonchev–Trinajstić information content (AvgIpc) is 3.05. The Labute approximate surface area is 119 Å². The van der Waals surface area contributed by atoms with Gasteiger partial charge in [0.15, 0.2) is 5.13 Å². The van der Waals surface area contributed by atoms with Gasteiger partial charge in [-0.1, -0.05) is 28.7 Å². The van der Waals surface area contributed by atoms with Crippen molar-refractivity contribution in [3.05, 3.63) is 36.2 Å². The Balaban J connectivity index is 1.66. The normalized spacial score (nSPS) is 10.8. The summed E-state index contributed by atoms with van der Waals surface area (Å²) in [6, 6.07) is 6.01. The fourth-order valence-electron chi connectivity index (χ4n) is 1.89. The van der Waals surface area contributed by atoms with Gasteiger partial charge in [-0.15, -0.1) is 5.10 Å². The van der Waals surface area contributed by atoms with E-state index in [1.807, 2.05) is 25.1 Å². The number of fused-ring (bicyclic) bond motifs is 1. The van der Waals surface area contributed by atoms with Gasteiger partial charge in [-0.2, -0.15) is 0 Å². The molecule has 6 nitrogen and oxygen atoms in total. The van der Waals surface area contributed by atoms with E-state index in [1.165, 1.54) is 11.3 Å². The standard InChI is InChI=1S/C13H13N5OS/c1-9-3-2-4-10-12(9)16-13(20-10)15-11(19)5-7-18-8-6-14-17-18/h2-4,6,8H,5,7H2,1H3,(H,15,16,19). The molecule has 0 aliphatic carbocycles. The molecule has 7 heteroatoms. The highest BCUT2D eigenvalue weighted by atomic mass is 32.1. The Morgan fingerprint density at radius 3 is 3.10 bits per heavy atom. The average molecular weight is 287 g/mol. The van der Waals surface area contributed by atoms with E-state index < -0.39 is 0 Å². The van der Waals surface area contributed by atoms with Crippen LogP contribution in [0.25, 0.3) is 10.2 Å². The van der Waals surface area contributed by atoms with E-state index >= 15 is 0 Å². The molecule has 1 amide bonds. The zero-order valence-corrected chi connectivity index (χ0v) is 11.7. The van der Waals surface area contributed by atoms with Crippen LogP contribution in [0.4, 0.5) is 5.13 Å². The van der Waals surface area contributed by atoms with Crippen LogP contribution in [-0.2, 0) is 11.3 Å². The first kappa shape index (κ1) is 12.7. The number of aromatic nitrogens is 4. The van der Waals surface area contributed by atoms with E-state index in [1.54, 1.807) is 17.1 Å². The van der Waals surface area contributed by atoms with Crippen LogP contribution in [0.5, 0.6) is 0 Å². The lowest BCUT2D eigenvalue weighted by atomic mass is 10.2. The molecule has 3 aromatic rings. The van der Waals surface area contributed by atoms with Crippen LogP contribution in [0, 0.1) is 6.92 Å². The molecular weight excluding hydrogens is 274 g/mol. The molecule has 2 aromatic heterocycles. The summed E-state index contributed by atoms with van der Waals surface area (Å²) in [7, 11) is 0. The number of amides is 1. The third-order valence-electron chi connectivity index (χ3n) is 2.91. The number of thiazole rings is 1. The lowest BCUT2D eigenvalue weighted by molar-refractivity contribution is -0.116.